The highest BCUT2D eigenvalue weighted by Crippen LogP contribution is 2.26. The molecule has 2 rings (SSSR count). The van der Waals surface area contributed by atoms with Crippen molar-refractivity contribution in [2.45, 2.75) is 16.7 Å². The summed E-state index contributed by atoms with van der Waals surface area (Å²) in [6.07, 6.45) is 0. The maximum atomic E-state index is 13.1. The summed E-state index contributed by atoms with van der Waals surface area (Å²) < 4.78 is 37.8. The summed E-state index contributed by atoms with van der Waals surface area (Å²) in [6, 6.07) is 7.96. The fraction of sp³-hybridized carbons (Fsp3) is 0.0714. The number of phenolic OH excluding ortho intramolecular Hbond substituents is 1. The molecule has 0 aliphatic heterocycles. The number of ketones is 1. The maximum Gasteiger partial charge on any atom is 0.206 e. The quantitative estimate of drug-likeness (QED) is 0.883. The van der Waals surface area contributed by atoms with E-state index in [1.165, 1.54) is 25.1 Å². The highest BCUT2D eigenvalue weighted by molar-refractivity contribution is 7.91. The third-order valence-corrected chi connectivity index (χ3v) is 4.51. The van der Waals surface area contributed by atoms with E-state index in [0.717, 1.165) is 24.3 Å². The number of Topliss-reactive ketones (excluding diaryl/α,β-unsaturated/α-hetero) is 1. The first kappa shape index (κ1) is 14.2. The average Bonchev–Trinajstić information content (AvgIpc) is 2.38. The zero-order valence-electron chi connectivity index (χ0n) is 10.5. The van der Waals surface area contributed by atoms with Crippen LogP contribution in [0.5, 0.6) is 5.75 Å². The molecule has 0 saturated carbocycles. The highest BCUT2D eigenvalue weighted by Gasteiger charge is 2.20. The molecule has 0 aliphatic rings. The molecule has 20 heavy (non-hydrogen) atoms. The van der Waals surface area contributed by atoms with Crippen LogP contribution >= 0.6 is 0 Å². The predicted molar refractivity (Wildman–Crippen MR) is 70.0 cm³/mol. The number of sulfone groups is 1. The van der Waals surface area contributed by atoms with E-state index < -0.39 is 21.4 Å². The van der Waals surface area contributed by atoms with E-state index in [0.29, 0.717) is 0 Å². The van der Waals surface area contributed by atoms with Crippen LogP contribution in [-0.2, 0) is 9.84 Å². The van der Waals surface area contributed by atoms with Crippen molar-refractivity contribution < 1.29 is 22.7 Å². The number of phenols is 1. The van der Waals surface area contributed by atoms with Crippen LogP contribution in [0.3, 0.4) is 0 Å². The lowest BCUT2D eigenvalue weighted by atomic mass is 10.1. The standard InChI is InChI=1S/C14H11FO4S/c1-9(16)13-8-12(5-6-14(13)17)20(18,19)11-4-2-3-10(15)7-11/h2-8,17H,1H3. The molecule has 0 saturated heterocycles. The Morgan fingerprint density at radius 1 is 1.10 bits per heavy atom. The summed E-state index contributed by atoms with van der Waals surface area (Å²) in [6.45, 7) is 1.22. The van der Waals surface area contributed by atoms with Gasteiger partial charge in [0.15, 0.2) is 5.78 Å². The molecule has 0 amide bonds. The first-order valence-electron chi connectivity index (χ1n) is 5.67. The van der Waals surface area contributed by atoms with Crippen molar-refractivity contribution in [1.82, 2.24) is 0 Å². The molecule has 0 unspecified atom stereocenters. The van der Waals surface area contributed by atoms with Gasteiger partial charge in [-0.3, -0.25) is 4.79 Å². The van der Waals surface area contributed by atoms with Gasteiger partial charge < -0.3 is 5.11 Å². The summed E-state index contributed by atoms with van der Waals surface area (Å²) in [5.41, 5.74) is -0.0949. The number of rotatable bonds is 3. The Morgan fingerprint density at radius 3 is 2.35 bits per heavy atom. The molecule has 0 fully saturated rings. The maximum absolute atomic E-state index is 13.1. The van der Waals surface area contributed by atoms with Crippen molar-refractivity contribution in [3.63, 3.8) is 0 Å². The van der Waals surface area contributed by atoms with Crippen LogP contribution in [0.4, 0.5) is 4.39 Å². The molecule has 4 nitrogen and oxygen atoms in total. The van der Waals surface area contributed by atoms with E-state index in [9.17, 15) is 22.7 Å². The molecule has 1 N–H and O–H groups in total. The Hall–Kier alpha value is -2.21. The van der Waals surface area contributed by atoms with Crippen LogP contribution in [-0.4, -0.2) is 19.3 Å². The molecule has 0 bridgehead atoms. The van der Waals surface area contributed by atoms with Gasteiger partial charge >= 0.3 is 0 Å². The van der Waals surface area contributed by atoms with Crippen LogP contribution in [0.2, 0.25) is 0 Å². The smallest absolute Gasteiger partial charge is 0.206 e. The molecular formula is C14H11FO4S. The van der Waals surface area contributed by atoms with E-state index in [1.54, 1.807) is 0 Å². The van der Waals surface area contributed by atoms with Gasteiger partial charge in [-0.25, -0.2) is 12.8 Å². The van der Waals surface area contributed by atoms with Gasteiger partial charge in [-0.15, -0.1) is 0 Å². The van der Waals surface area contributed by atoms with Gasteiger partial charge in [-0.2, -0.15) is 0 Å². The van der Waals surface area contributed by atoms with E-state index in [2.05, 4.69) is 0 Å². The van der Waals surface area contributed by atoms with Crippen molar-refractivity contribution in [2.24, 2.45) is 0 Å². The third-order valence-electron chi connectivity index (χ3n) is 2.76. The molecule has 0 heterocycles. The van der Waals surface area contributed by atoms with Crippen LogP contribution in [0.15, 0.2) is 52.3 Å². The molecular weight excluding hydrogens is 283 g/mol. The van der Waals surface area contributed by atoms with Crippen molar-refractivity contribution >= 4 is 15.6 Å². The molecule has 2 aromatic carbocycles. The normalized spacial score (nSPS) is 11.3. The predicted octanol–water partition coefficient (Wildman–Crippen LogP) is 2.57. The molecule has 0 atom stereocenters. The minimum absolute atomic E-state index is 0.0949. The van der Waals surface area contributed by atoms with E-state index in [4.69, 9.17) is 0 Å². The van der Waals surface area contributed by atoms with Crippen molar-refractivity contribution in [2.75, 3.05) is 0 Å². The lowest BCUT2D eigenvalue weighted by Gasteiger charge is -2.07. The van der Waals surface area contributed by atoms with E-state index in [1.807, 2.05) is 0 Å². The summed E-state index contributed by atoms with van der Waals surface area (Å²) >= 11 is 0. The number of hydrogen-bond acceptors (Lipinski definition) is 4. The molecule has 104 valence electrons. The summed E-state index contributed by atoms with van der Waals surface area (Å²) in [5, 5.41) is 9.51. The molecule has 6 heteroatoms. The molecule has 0 aliphatic carbocycles. The van der Waals surface area contributed by atoms with Gasteiger partial charge in [-0.05, 0) is 43.3 Å². The summed E-state index contributed by atoms with van der Waals surface area (Å²) in [5.74, 6) is -1.42. The van der Waals surface area contributed by atoms with E-state index >= 15 is 0 Å². The minimum atomic E-state index is -3.94. The van der Waals surface area contributed by atoms with Crippen LogP contribution in [0, 0.1) is 5.82 Å². The summed E-state index contributed by atoms with van der Waals surface area (Å²) in [7, 11) is -3.94. The van der Waals surface area contributed by atoms with Crippen molar-refractivity contribution in [1.29, 1.82) is 0 Å². The van der Waals surface area contributed by atoms with Crippen molar-refractivity contribution in [3.05, 3.63) is 53.8 Å². The average molecular weight is 294 g/mol. The fourth-order valence-corrected chi connectivity index (χ4v) is 3.05. The number of benzene rings is 2. The number of aromatic hydroxyl groups is 1. The van der Waals surface area contributed by atoms with Gasteiger partial charge in [0.2, 0.25) is 9.84 Å². The minimum Gasteiger partial charge on any atom is -0.507 e. The first-order chi connectivity index (χ1) is 9.32. The molecule has 0 radical (unpaired) electrons. The Balaban J connectivity index is 2.61. The second-order valence-electron chi connectivity index (χ2n) is 4.20. The fourth-order valence-electron chi connectivity index (χ4n) is 1.73. The topological polar surface area (TPSA) is 71.4 Å². The van der Waals surface area contributed by atoms with Crippen LogP contribution in [0.1, 0.15) is 17.3 Å². The zero-order valence-corrected chi connectivity index (χ0v) is 11.3. The Bertz CT molecular complexity index is 782. The van der Waals surface area contributed by atoms with Gasteiger partial charge in [0.25, 0.3) is 0 Å². The summed E-state index contributed by atoms with van der Waals surface area (Å²) in [4.78, 5) is 10.9. The van der Waals surface area contributed by atoms with Gasteiger partial charge in [-0.1, -0.05) is 6.07 Å². The van der Waals surface area contributed by atoms with Crippen LogP contribution in [0.25, 0.3) is 0 Å². The third kappa shape index (κ3) is 2.55. The SMILES string of the molecule is CC(=O)c1cc(S(=O)(=O)c2cccc(F)c2)ccc1O. The van der Waals surface area contributed by atoms with Gasteiger partial charge in [0.05, 0.1) is 15.4 Å². The first-order valence-corrected chi connectivity index (χ1v) is 7.15. The number of halogens is 1. The van der Waals surface area contributed by atoms with Gasteiger partial charge in [0, 0.05) is 0 Å². The molecule has 2 aromatic rings. The highest BCUT2D eigenvalue weighted by atomic mass is 32.2. The number of hydrogen-bond donors (Lipinski definition) is 1. The second-order valence-corrected chi connectivity index (χ2v) is 6.15. The van der Waals surface area contributed by atoms with Gasteiger partial charge in [0.1, 0.15) is 11.6 Å². The number of carbonyl (C=O) groups excluding carboxylic acids is 1. The second kappa shape index (κ2) is 5.05. The van der Waals surface area contributed by atoms with Crippen molar-refractivity contribution in [3.8, 4) is 5.75 Å². The van der Waals surface area contributed by atoms with Crippen LogP contribution < -0.4 is 0 Å². The largest absolute Gasteiger partial charge is 0.507 e. The monoisotopic (exact) mass is 294 g/mol. The Morgan fingerprint density at radius 2 is 1.75 bits per heavy atom. The Labute approximate surface area is 115 Å². The van der Waals surface area contributed by atoms with E-state index in [-0.39, 0.29) is 21.1 Å². The Kier molecular flexibility index (Phi) is 3.59. The molecule has 0 aromatic heterocycles. The zero-order chi connectivity index (χ0) is 14.9. The lowest BCUT2D eigenvalue weighted by molar-refractivity contribution is 0.101. The lowest BCUT2D eigenvalue weighted by Crippen LogP contribution is -2.04. The molecule has 0 spiro atoms. The number of carbonyl (C=O) groups is 1.